The lowest BCUT2D eigenvalue weighted by molar-refractivity contribution is -0.385. The van der Waals surface area contributed by atoms with Crippen molar-refractivity contribution >= 4 is 12.0 Å². The van der Waals surface area contributed by atoms with Crippen molar-refractivity contribution < 1.29 is 19.2 Å². The second-order valence-electron chi connectivity index (χ2n) is 4.35. The third kappa shape index (κ3) is 3.17. The van der Waals surface area contributed by atoms with Crippen LogP contribution >= 0.6 is 0 Å². The molecule has 0 aliphatic rings. The molecule has 21 heavy (non-hydrogen) atoms. The van der Waals surface area contributed by atoms with Crippen LogP contribution in [0.1, 0.15) is 15.9 Å². The molecule has 0 atom stereocenters. The van der Waals surface area contributed by atoms with Gasteiger partial charge in [0.1, 0.15) is 11.5 Å². The van der Waals surface area contributed by atoms with Gasteiger partial charge in [-0.25, -0.2) is 0 Å². The van der Waals surface area contributed by atoms with Crippen LogP contribution in [0.3, 0.4) is 0 Å². The molecule has 0 aromatic heterocycles. The summed E-state index contributed by atoms with van der Waals surface area (Å²) in [5, 5.41) is 11.1. The molecule has 0 amide bonds. The molecule has 0 saturated carbocycles. The molecule has 0 fully saturated rings. The average molecular weight is 287 g/mol. The maximum absolute atomic E-state index is 11.1. The second-order valence-corrected chi connectivity index (χ2v) is 4.35. The molecular formula is C15H13NO5. The Labute approximate surface area is 121 Å². The number of carbonyl (C=O) groups is 1. The molecule has 0 spiro atoms. The number of rotatable bonds is 5. The zero-order valence-corrected chi connectivity index (χ0v) is 11.5. The Kier molecular flexibility index (Phi) is 4.18. The van der Waals surface area contributed by atoms with Gasteiger partial charge in [0, 0.05) is 0 Å². The quantitative estimate of drug-likeness (QED) is 0.477. The minimum atomic E-state index is -0.563. The van der Waals surface area contributed by atoms with Crippen LogP contribution in [0.2, 0.25) is 0 Å². The molecule has 6 nitrogen and oxygen atoms in total. The number of methoxy groups -OCH3 is 1. The molecular weight excluding hydrogens is 274 g/mol. The van der Waals surface area contributed by atoms with E-state index in [1.54, 1.807) is 24.3 Å². The highest BCUT2D eigenvalue weighted by atomic mass is 16.6. The van der Waals surface area contributed by atoms with Crippen molar-refractivity contribution in [1.29, 1.82) is 0 Å². The summed E-state index contributed by atoms with van der Waals surface area (Å²) in [5.74, 6) is 0.671. The summed E-state index contributed by atoms with van der Waals surface area (Å²) in [6, 6.07) is 9.27. The summed E-state index contributed by atoms with van der Waals surface area (Å²) in [6.45, 7) is 1.84. The van der Waals surface area contributed by atoms with Crippen LogP contribution < -0.4 is 9.47 Å². The van der Waals surface area contributed by atoms with Crippen LogP contribution in [-0.2, 0) is 0 Å². The molecule has 0 saturated heterocycles. The lowest BCUT2D eigenvalue weighted by Crippen LogP contribution is -1.97. The molecule has 0 heterocycles. The Morgan fingerprint density at radius 1 is 1.14 bits per heavy atom. The Morgan fingerprint density at radius 2 is 1.86 bits per heavy atom. The summed E-state index contributed by atoms with van der Waals surface area (Å²) in [5.41, 5.74) is 1.00. The Morgan fingerprint density at radius 3 is 2.48 bits per heavy atom. The molecule has 0 aliphatic heterocycles. The number of aldehydes is 1. The number of ether oxygens (including phenoxy) is 2. The van der Waals surface area contributed by atoms with E-state index in [9.17, 15) is 14.9 Å². The minimum absolute atomic E-state index is 0.0488. The number of hydrogen-bond donors (Lipinski definition) is 0. The fourth-order valence-electron chi connectivity index (χ4n) is 1.82. The number of aryl methyl sites for hydroxylation is 1. The predicted molar refractivity (Wildman–Crippen MR) is 76.3 cm³/mol. The van der Waals surface area contributed by atoms with Crippen LogP contribution in [0.15, 0.2) is 36.4 Å². The van der Waals surface area contributed by atoms with Crippen molar-refractivity contribution in [3.63, 3.8) is 0 Å². The number of nitrogens with zero attached hydrogens (tertiary/aromatic N) is 1. The fraction of sp³-hybridized carbons (Fsp3) is 0.133. The van der Waals surface area contributed by atoms with Gasteiger partial charge in [0.2, 0.25) is 5.75 Å². The van der Waals surface area contributed by atoms with E-state index in [-0.39, 0.29) is 17.2 Å². The third-order valence-corrected chi connectivity index (χ3v) is 2.87. The zero-order chi connectivity index (χ0) is 15.4. The van der Waals surface area contributed by atoms with Gasteiger partial charge in [-0.1, -0.05) is 11.6 Å². The summed E-state index contributed by atoms with van der Waals surface area (Å²) >= 11 is 0. The van der Waals surface area contributed by atoms with Gasteiger partial charge in [-0.2, -0.15) is 0 Å². The van der Waals surface area contributed by atoms with Gasteiger partial charge in [-0.05, 0) is 31.2 Å². The topological polar surface area (TPSA) is 78.7 Å². The summed E-state index contributed by atoms with van der Waals surface area (Å²) < 4.78 is 10.5. The summed E-state index contributed by atoms with van der Waals surface area (Å²) in [7, 11) is 1.42. The highest BCUT2D eigenvalue weighted by Crippen LogP contribution is 2.35. The molecule has 2 aromatic rings. The van der Waals surface area contributed by atoms with Gasteiger partial charge in [0.15, 0.2) is 6.29 Å². The van der Waals surface area contributed by atoms with Gasteiger partial charge in [-0.3, -0.25) is 14.9 Å². The Bertz CT molecular complexity index is 696. The first-order chi connectivity index (χ1) is 10.0. The third-order valence-electron chi connectivity index (χ3n) is 2.87. The smallest absolute Gasteiger partial charge is 0.315 e. The summed E-state index contributed by atoms with van der Waals surface area (Å²) in [6.07, 6.45) is 0.650. The molecule has 0 bridgehead atoms. The molecule has 0 N–H and O–H groups in total. The minimum Gasteiger partial charge on any atom is -0.496 e. The van der Waals surface area contributed by atoms with Gasteiger partial charge >= 0.3 is 5.69 Å². The lowest BCUT2D eigenvalue weighted by atomic mass is 10.1. The molecule has 2 rings (SSSR count). The normalized spacial score (nSPS) is 10.0. The van der Waals surface area contributed by atoms with E-state index in [1.807, 2.05) is 6.92 Å². The van der Waals surface area contributed by atoms with Crippen molar-refractivity contribution in [3.8, 4) is 17.2 Å². The predicted octanol–water partition coefficient (Wildman–Crippen LogP) is 3.52. The van der Waals surface area contributed by atoms with E-state index in [4.69, 9.17) is 9.47 Å². The van der Waals surface area contributed by atoms with E-state index >= 15 is 0 Å². The van der Waals surface area contributed by atoms with E-state index in [2.05, 4.69) is 0 Å². The van der Waals surface area contributed by atoms with Gasteiger partial charge in [0.05, 0.1) is 23.7 Å². The molecule has 0 aliphatic carbocycles. The highest BCUT2D eigenvalue weighted by molar-refractivity contribution is 5.80. The number of hydrogen-bond acceptors (Lipinski definition) is 5. The molecule has 0 radical (unpaired) electrons. The first-order valence-corrected chi connectivity index (χ1v) is 6.11. The van der Waals surface area contributed by atoms with Gasteiger partial charge in [0.25, 0.3) is 0 Å². The van der Waals surface area contributed by atoms with E-state index < -0.39 is 4.92 Å². The zero-order valence-electron chi connectivity index (χ0n) is 11.5. The maximum atomic E-state index is 11.1. The first-order valence-electron chi connectivity index (χ1n) is 6.11. The van der Waals surface area contributed by atoms with Crippen molar-refractivity contribution in [2.24, 2.45) is 0 Å². The van der Waals surface area contributed by atoms with Crippen LogP contribution in [0.25, 0.3) is 0 Å². The van der Waals surface area contributed by atoms with E-state index in [0.29, 0.717) is 17.6 Å². The summed E-state index contributed by atoms with van der Waals surface area (Å²) in [4.78, 5) is 21.6. The van der Waals surface area contributed by atoms with E-state index in [1.165, 1.54) is 19.2 Å². The average Bonchev–Trinajstić information content (AvgIpc) is 2.49. The van der Waals surface area contributed by atoms with Crippen LogP contribution in [0.5, 0.6) is 17.2 Å². The van der Waals surface area contributed by atoms with Crippen LogP contribution in [-0.4, -0.2) is 18.3 Å². The van der Waals surface area contributed by atoms with E-state index in [0.717, 1.165) is 5.56 Å². The standard InChI is InChI=1S/C15H13NO5/c1-10-3-5-14(11(7-10)9-17)21-15-6-4-12(20-2)8-13(15)16(18)19/h3-9H,1-2H3. The monoisotopic (exact) mass is 287 g/mol. The van der Waals surface area contributed by atoms with Crippen molar-refractivity contribution in [3.05, 3.63) is 57.6 Å². The number of benzene rings is 2. The lowest BCUT2D eigenvalue weighted by Gasteiger charge is -2.09. The highest BCUT2D eigenvalue weighted by Gasteiger charge is 2.18. The maximum Gasteiger partial charge on any atom is 0.315 e. The van der Waals surface area contributed by atoms with Crippen molar-refractivity contribution in [2.45, 2.75) is 6.92 Å². The SMILES string of the molecule is COc1ccc(Oc2ccc(C)cc2C=O)c([N+](=O)[O-])c1. The van der Waals surface area contributed by atoms with Crippen LogP contribution in [0.4, 0.5) is 5.69 Å². The molecule has 0 unspecified atom stereocenters. The number of carbonyl (C=O) groups excluding carboxylic acids is 1. The van der Waals surface area contributed by atoms with Crippen molar-refractivity contribution in [1.82, 2.24) is 0 Å². The largest absolute Gasteiger partial charge is 0.496 e. The fourth-order valence-corrected chi connectivity index (χ4v) is 1.82. The van der Waals surface area contributed by atoms with Gasteiger partial charge < -0.3 is 9.47 Å². The number of nitro benzene ring substituents is 1. The number of nitro groups is 1. The Balaban J connectivity index is 2.44. The van der Waals surface area contributed by atoms with Crippen molar-refractivity contribution in [2.75, 3.05) is 7.11 Å². The van der Waals surface area contributed by atoms with Crippen LogP contribution in [0, 0.1) is 17.0 Å². The second kappa shape index (κ2) is 6.04. The Hall–Kier alpha value is -2.89. The van der Waals surface area contributed by atoms with Gasteiger partial charge in [-0.15, -0.1) is 0 Å². The molecule has 6 heteroatoms. The molecule has 108 valence electrons. The molecule has 2 aromatic carbocycles. The first kappa shape index (κ1) is 14.5.